The first kappa shape index (κ1) is 15.3. The molecule has 0 heterocycles. The Bertz CT molecular complexity index is 420. The minimum Gasteiger partial charge on any atom is -0.497 e. The summed E-state index contributed by atoms with van der Waals surface area (Å²) in [6.07, 6.45) is 1.75. The van der Waals surface area contributed by atoms with Gasteiger partial charge in [0.25, 0.3) is 0 Å². The fourth-order valence-electron chi connectivity index (χ4n) is 1.85. The minimum atomic E-state index is -0.214. The molecule has 1 aromatic carbocycles. The number of hydrogen-bond acceptors (Lipinski definition) is 5. The van der Waals surface area contributed by atoms with Crippen LogP contribution >= 0.6 is 0 Å². The third-order valence-corrected chi connectivity index (χ3v) is 2.96. The van der Waals surface area contributed by atoms with Crippen molar-refractivity contribution in [2.75, 3.05) is 21.3 Å². The van der Waals surface area contributed by atoms with E-state index >= 15 is 0 Å². The standard InChI is InChI=1S/C14H21NO4/c1-17-10-7-8-11(13(9-10)18-2)12(15)5-4-6-14(16)19-3/h7-9,12H,4-6,15H2,1-3H3. The van der Waals surface area contributed by atoms with Gasteiger partial charge in [0.1, 0.15) is 11.5 Å². The van der Waals surface area contributed by atoms with Crippen molar-refractivity contribution in [2.24, 2.45) is 5.73 Å². The molecular formula is C14H21NO4. The molecule has 0 saturated carbocycles. The summed E-state index contributed by atoms with van der Waals surface area (Å²) in [4.78, 5) is 11.0. The molecule has 1 aromatic rings. The molecule has 1 rings (SSSR count). The molecule has 0 aliphatic heterocycles. The van der Waals surface area contributed by atoms with E-state index in [9.17, 15) is 4.79 Å². The zero-order valence-corrected chi connectivity index (χ0v) is 11.6. The number of carbonyl (C=O) groups excluding carboxylic acids is 1. The van der Waals surface area contributed by atoms with E-state index in [-0.39, 0.29) is 12.0 Å². The van der Waals surface area contributed by atoms with Crippen LogP contribution in [0.4, 0.5) is 0 Å². The normalized spacial score (nSPS) is 11.8. The first-order valence-corrected chi connectivity index (χ1v) is 6.16. The van der Waals surface area contributed by atoms with Crippen molar-refractivity contribution in [3.8, 4) is 11.5 Å². The largest absolute Gasteiger partial charge is 0.497 e. The van der Waals surface area contributed by atoms with Crippen LogP contribution in [0.3, 0.4) is 0 Å². The molecule has 0 spiro atoms. The summed E-state index contributed by atoms with van der Waals surface area (Å²) in [5.41, 5.74) is 7.03. The van der Waals surface area contributed by atoms with Crippen LogP contribution in [0.2, 0.25) is 0 Å². The van der Waals surface area contributed by atoms with Crippen LogP contribution in [0, 0.1) is 0 Å². The van der Waals surface area contributed by atoms with Gasteiger partial charge in [0, 0.05) is 24.1 Å². The molecule has 0 fully saturated rings. The molecule has 0 aliphatic carbocycles. The molecule has 0 aliphatic rings. The Hall–Kier alpha value is -1.75. The predicted octanol–water partition coefficient (Wildman–Crippen LogP) is 2.05. The van der Waals surface area contributed by atoms with Gasteiger partial charge in [-0.25, -0.2) is 0 Å². The van der Waals surface area contributed by atoms with Gasteiger partial charge in [-0.3, -0.25) is 4.79 Å². The zero-order valence-electron chi connectivity index (χ0n) is 11.6. The summed E-state index contributed by atoms with van der Waals surface area (Å²) in [6.45, 7) is 0. The SMILES string of the molecule is COC(=O)CCCC(N)c1ccc(OC)cc1OC. The second-order valence-electron chi connectivity index (χ2n) is 4.18. The fourth-order valence-corrected chi connectivity index (χ4v) is 1.85. The quantitative estimate of drug-likeness (QED) is 0.765. The van der Waals surface area contributed by atoms with Gasteiger partial charge in [-0.05, 0) is 18.9 Å². The van der Waals surface area contributed by atoms with Crippen LogP contribution in [0.15, 0.2) is 18.2 Å². The lowest BCUT2D eigenvalue weighted by Crippen LogP contribution is -2.12. The third kappa shape index (κ3) is 4.44. The molecule has 5 heteroatoms. The molecule has 0 bridgehead atoms. The Morgan fingerprint density at radius 3 is 2.58 bits per heavy atom. The van der Waals surface area contributed by atoms with Crippen molar-refractivity contribution < 1.29 is 19.0 Å². The van der Waals surface area contributed by atoms with E-state index in [0.29, 0.717) is 25.0 Å². The number of esters is 1. The van der Waals surface area contributed by atoms with Gasteiger partial charge < -0.3 is 19.9 Å². The van der Waals surface area contributed by atoms with Crippen molar-refractivity contribution in [1.82, 2.24) is 0 Å². The van der Waals surface area contributed by atoms with Crippen molar-refractivity contribution in [1.29, 1.82) is 0 Å². The van der Waals surface area contributed by atoms with E-state index in [2.05, 4.69) is 4.74 Å². The van der Waals surface area contributed by atoms with Gasteiger partial charge >= 0.3 is 5.97 Å². The van der Waals surface area contributed by atoms with E-state index in [1.54, 1.807) is 20.3 Å². The molecule has 19 heavy (non-hydrogen) atoms. The first-order valence-electron chi connectivity index (χ1n) is 6.16. The summed E-state index contributed by atoms with van der Waals surface area (Å²) in [7, 11) is 4.58. The van der Waals surface area contributed by atoms with E-state index in [1.807, 2.05) is 12.1 Å². The molecule has 1 unspecified atom stereocenters. The Morgan fingerprint density at radius 2 is 2.00 bits per heavy atom. The van der Waals surface area contributed by atoms with Gasteiger partial charge in [0.15, 0.2) is 0 Å². The second-order valence-corrected chi connectivity index (χ2v) is 4.18. The van der Waals surface area contributed by atoms with Crippen LogP contribution in [-0.4, -0.2) is 27.3 Å². The Morgan fingerprint density at radius 1 is 1.26 bits per heavy atom. The predicted molar refractivity (Wildman–Crippen MR) is 72.3 cm³/mol. The fraction of sp³-hybridized carbons (Fsp3) is 0.500. The molecule has 0 amide bonds. The Balaban J connectivity index is 2.65. The maximum absolute atomic E-state index is 11.0. The summed E-state index contributed by atoms with van der Waals surface area (Å²) in [6, 6.07) is 5.36. The number of nitrogens with two attached hydrogens (primary N) is 1. The lowest BCUT2D eigenvalue weighted by atomic mass is 10.0. The van der Waals surface area contributed by atoms with E-state index in [0.717, 1.165) is 11.3 Å². The van der Waals surface area contributed by atoms with E-state index < -0.39 is 0 Å². The maximum Gasteiger partial charge on any atom is 0.305 e. The van der Waals surface area contributed by atoms with Crippen molar-refractivity contribution in [3.05, 3.63) is 23.8 Å². The molecule has 1 atom stereocenters. The summed E-state index contributed by atoms with van der Waals surface area (Å²) >= 11 is 0. The third-order valence-electron chi connectivity index (χ3n) is 2.96. The van der Waals surface area contributed by atoms with Crippen LogP contribution in [0.25, 0.3) is 0 Å². The van der Waals surface area contributed by atoms with E-state index in [1.165, 1.54) is 7.11 Å². The van der Waals surface area contributed by atoms with Gasteiger partial charge in [-0.1, -0.05) is 6.07 Å². The summed E-state index contributed by atoms with van der Waals surface area (Å²) in [5, 5.41) is 0. The second kappa shape index (κ2) is 7.63. The highest BCUT2D eigenvalue weighted by Gasteiger charge is 2.13. The average molecular weight is 267 g/mol. The summed E-state index contributed by atoms with van der Waals surface area (Å²) in [5.74, 6) is 1.21. The highest BCUT2D eigenvalue weighted by molar-refractivity contribution is 5.69. The molecule has 0 radical (unpaired) electrons. The highest BCUT2D eigenvalue weighted by Crippen LogP contribution is 2.30. The Labute approximate surface area is 113 Å². The van der Waals surface area contributed by atoms with Gasteiger partial charge in [0.05, 0.1) is 21.3 Å². The molecule has 0 saturated heterocycles. The molecule has 0 aromatic heterocycles. The molecule has 2 N–H and O–H groups in total. The summed E-state index contributed by atoms with van der Waals surface area (Å²) < 4.78 is 15.0. The number of carbonyl (C=O) groups is 1. The van der Waals surface area contributed by atoms with Crippen molar-refractivity contribution in [2.45, 2.75) is 25.3 Å². The van der Waals surface area contributed by atoms with Gasteiger partial charge in [0.2, 0.25) is 0 Å². The number of methoxy groups -OCH3 is 3. The van der Waals surface area contributed by atoms with E-state index in [4.69, 9.17) is 15.2 Å². The number of hydrogen-bond donors (Lipinski definition) is 1. The zero-order chi connectivity index (χ0) is 14.3. The lowest BCUT2D eigenvalue weighted by molar-refractivity contribution is -0.140. The van der Waals surface area contributed by atoms with Crippen molar-refractivity contribution >= 4 is 5.97 Å². The van der Waals surface area contributed by atoms with Gasteiger partial charge in [-0.15, -0.1) is 0 Å². The van der Waals surface area contributed by atoms with Crippen LogP contribution in [-0.2, 0) is 9.53 Å². The Kier molecular flexibility index (Phi) is 6.15. The highest BCUT2D eigenvalue weighted by atomic mass is 16.5. The molecule has 106 valence electrons. The van der Waals surface area contributed by atoms with Gasteiger partial charge in [-0.2, -0.15) is 0 Å². The smallest absolute Gasteiger partial charge is 0.305 e. The lowest BCUT2D eigenvalue weighted by Gasteiger charge is -2.16. The average Bonchev–Trinajstić information content (AvgIpc) is 2.45. The van der Waals surface area contributed by atoms with Crippen LogP contribution < -0.4 is 15.2 Å². The first-order chi connectivity index (χ1) is 9.12. The number of rotatable bonds is 7. The molecular weight excluding hydrogens is 246 g/mol. The monoisotopic (exact) mass is 267 g/mol. The van der Waals surface area contributed by atoms with Crippen LogP contribution in [0.1, 0.15) is 30.9 Å². The van der Waals surface area contributed by atoms with Crippen LogP contribution in [0.5, 0.6) is 11.5 Å². The number of ether oxygens (including phenoxy) is 3. The maximum atomic E-state index is 11.0. The minimum absolute atomic E-state index is 0.175. The molecule has 5 nitrogen and oxygen atoms in total. The number of benzene rings is 1. The van der Waals surface area contributed by atoms with Crippen molar-refractivity contribution in [3.63, 3.8) is 0 Å². The topological polar surface area (TPSA) is 70.8 Å².